The Balaban J connectivity index is 1.36. The van der Waals surface area contributed by atoms with Gasteiger partial charge in [-0.25, -0.2) is 0 Å². The molecule has 2 amide bonds. The molecule has 0 saturated carbocycles. The zero-order chi connectivity index (χ0) is 20.6. The van der Waals surface area contributed by atoms with Crippen molar-refractivity contribution in [3.63, 3.8) is 0 Å². The van der Waals surface area contributed by atoms with Gasteiger partial charge in [0.05, 0.1) is 7.11 Å². The summed E-state index contributed by atoms with van der Waals surface area (Å²) in [7, 11) is 1.67. The summed E-state index contributed by atoms with van der Waals surface area (Å²) in [5, 5.41) is 5.32. The summed E-state index contributed by atoms with van der Waals surface area (Å²) in [4.78, 5) is 28.6. The minimum absolute atomic E-state index is 0.447. The van der Waals surface area contributed by atoms with Crippen LogP contribution in [0.25, 0.3) is 0 Å². The summed E-state index contributed by atoms with van der Waals surface area (Å²) in [6.45, 7) is 6.78. The van der Waals surface area contributed by atoms with E-state index in [0.717, 1.165) is 44.0 Å². The standard InChI is InChI=1S/C22H28N4O3/c1-17-4-3-5-18(16-17)24-22(28)21(27)23-10-11-25-12-14-26(15-13-25)19-6-8-20(29-2)9-7-19/h3-9,16H,10-15H2,1-2H3,(H,23,27)(H,24,28). The van der Waals surface area contributed by atoms with E-state index in [0.29, 0.717) is 12.2 Å². The van der Waals surface area contributed by atoms with E-state index in [1.165, 1.54) is 5.69 Å². The van der Waals surface area contributed by atoms with E-state index in [4.69, 9.17) is 4.74 Å². The molecule has 1 aliphatic rings. The molecule has 0 atom stereocenters. The Kier molecular flexibility index (Phi) is 7.08. The molecule has 0 bridgehead atoms. The van der Waals surface area contributed by atoms with Crippen molar-refractivity contribution < 1.29 is 14.3 Å². The highest BCUT2D eigenvalue weighted by atomic mass is 16.5. The number of amides is 2. The average molecular weight is 396 g/mol. The van der Waals surface area contributed by atoms with Crippen molar-refractivity contribution in [3.8, 4) is 5.75 Å². The van der Waals surface area contributed by atoms with Crippen molar-refractivity contribution in [3.05, 3.63) is 54.1 Å². The number of methoxy groups -OCH3 is 1. The van der Waals surface area contributed by atoms with Gasteiger partial charge in [0.2, 0.25) is 0 Å². The lowest BCUT2D eigenvalue weighted by Crippen LogP contribution is -2.49. The summed E-state index contributed by atoms with van der Waals surface area (Å²) in [6, 6.07) is 15.5. The van der Waals surface area contributed by atoms with Gasteiger partial charge in [0.25, 0.3) is 0 Å². The Morgan fingerprint density at radius 2 is 1.72 bits per heavy atom. The molecule has 3 rings (SSSR count). The lowest BCUT2D eigenvalue weighted by Gasteiger charge is -2.36. The number of aryl methyl sites for hydroxylation is 1. The van der Waals surface area contributed by atoms with Gasteiger partial charge in [-0.1, -0.05) is 12.1 Å². The van der Waals surface area contributed by atoms with Crippen molar-refractivity contribution in [2.75, 3.05) is 56.6 Å². The summed E-state index contributed by atoms with van der Waals surface area (Å²) in [5.41, 5.74) is 2.84. The van der Waals surface area contributed by atoms with Crippen LogP contribution in [-0.4, -0.2) is 63.1 Å². The Morgan fingerprint density at radius 1 is 1.00 bits per heavy atom. The third-order valence-electron chi connectivity index (χ3n) is 5.01. The van der Waals surface area contributed by atoms with Crippen molar-refractivity contribution in [2.24, 2.45) is 0 Å². The third-order valence-corrected chi connectivity index (χ3v) is 5.01. The second-order valence-corrected chi connectivity index (χ2v) is 7.11. The first-order chi connectivity index (χ1) is 14.0. The third kappa shape index (κ3) is 5.96. The molecule has 0 spiro atoms. The van der Waals surface area contributed by atoms with Gasteiger partial charge >= 0.3 is 11.8 Å². The van der Waals surface area contributed by atoms with Crippen LogP contribution in [0, 0.1) is 6.92 Å². The highest BCUT2D eigenvalue weighted by Gasteiger charge is 2.18. The van der Waals surface area contributed by atoms with E-state index in [-0.39, 0.29) is 0 Å². The SMILES string of the molecule is COc1ccc(N2CCN(CCNC(=O)C(=O)Nc3cccc(C)c3)CC2)cc1. The Bertz CT molecular complexity index is 830. The number of nitrogens with one attached hydrogen (secondary N) is 2. The van der Waals surface area contributed by atoms with Crippen LogP contribution in [-0.2, 0) is 9.59 Å². The van der Waals surface area contributed by atoms with Gasteiger partial charge in [-0.3, -0.25) is 14.5 Å². The molecule has 2 aromatic rings. The topological polar surface area (TPSA) is 73.9 Å². The Morgan fingerprint density at radius 3 is 2.38 bits per heavy atom. The zero-order valence-corrected chi connectivity index (χ0v) is 17.0. The normalized spacial score (nSPS) is 14.3. The zero-order valence-electron chi connectivity index (χ0n) is 17.0. The van der Waals surface area contributed by atoms with Crippen molar-refractivity contribution in [1.29, 1.82) is 0 Å². The lowest BCUT2D eigenvalue weighted by atomic mass is 10.2. The van der Waals surface area contributed by atoms with E-state index < -0.39 is 11.8 Å². The number of anilines is 2. The van der Waals surface area contributed by atoms with Crippen molar-refractivity contribution in [1.82, 2.24) is 10.2 Å². The molecule has 0 radical (unpaired) electrons. The van der Waals surface area contributed by atoms with E-state index in [9.17, 15) is 9.59 Å². The molecular formula is C22H28N4O3. The highest BCUT2D eigenvalue weighted by molar-refractivity contribution is 6.39. The molecule has 0 aromatic heterocycles. The van der Waals surface area contributed by atoms with Crippen LogP contribution in [0.2, 0.25) is 0 Å². The van der Waals surface area contributed by atoms with E-state index in [1.54, 1.807) is 13.2 Å². The lowest BCUT2D eigenvalue weighted by molar-refractivity contribution is -0.136. The quantitative estimate of drug-likeness (QED) is 0.730. The second-order valence-electron chi connectivity index (χ2n) is 7.11. The Hall–Kier alpha value is -3.06. The van der Waals surface area contributed by atoms with Gasteiger partial charge in [-0.2, -0.15) is 0 Å². The van der Waals surface area contributed by atoms with Crippen LogP contribution in [0.15, 0.2) is 48.5 Å². The molecule has 1 heterocycles. The first kappa shape index (κ1) is 20.7. The molecule has 29 heavy (non-hydrogen) atoms. The number of piperazine rings is 1. The predicted octanol–water partition coefficient (Wildman–Crippen LogP) is 1.88. The maximum atomic E-state index is 12.0. The molecule has 2 N–H and O–H groups in total. The average Bonchev–Trinajstić information content (AvgIpc) is 2.74. The van der Waals surface area contributed by atoms with E-state index in [2.05, 4.69) is 32.6 Å². The largest absolute Gasteiger partial charge is 0.497 e. The molecule has 1 saturated heterocycles. The summed E-state index contributed by atoms with van der Waals surface area (Å²) in [5.74, 6) is -0.391. The molecule has 7 nitrogen and oxygen atoms in total. The van der Waals surface area contributed by atoms with Gasteiger partial charge in [0, 0.05) is 50.6 Å². The van der Waals surface area contributed by atoms with E-state index in [1.807, 2.05) is 37.3 Å². The van der Waals surface area contributed by atoms with Gasteiger partial charge in [-0.15, -0.1) is 0 Å². The van der Waals surface area contributed by atoms with Gasteiger partial charge < -0.3 is 20.3 Å². The monoisotopic (exact) mass is 396 g/mol. The first-order valence-electron chi connectivity index (χ1n) is 9.82. The summed E-state index contributed by atoms with van der Waals surface area (Å²) < 4.78 is 5.20. The molecule has 2 aromatic carbocycles. The minimum Gasteiger partial charge on any atom is -0.497 e. The molecule has 154 valence electrons. The van der Waals surface area contributed by atoms with Crippen LogP contribution < -0.4 is 20.3 Å². The highest BCUT2D eigenvalue weighted by Crippen LogP contribution is 2.20. The molecular weight excluding hydrogens is 368 g/mol. The number of carbonyl (C=O) groups is 2. The second kappa shape index (κ2) is 9.93. The first-order valence-corrected chi connectivity index (χ1v) is 9.82. The van der Waals surface area contributed by atoms with Crippen LogP contribution in [0.1, 0.15) is 5.56 Å². The van der Waals surface area contributed by atoms with Gasteiger partial charge in [-0.05, 0) is 48.9 Å². The molecule has 0 aliphatic carbocycles. The van der Waals surface area contributed by atoms with Gasteiger partial charge in [0.15, 0.2) is 0 Å². The minimum atomic E-state index is -0.639. The Labute approximate surface area is 171 Å². The molecule has 1 fully saturated rings. The van der Waals surface area contributed by atoms with Crippen molar-refractivity contribution in [2.45, 2.75) is 6.92 Å². The van der Waals surface area contributed by atoms with Crippen molar-refractivity contribution >= 4 is 23.2 Å². The number of ether oxygens (including phenoxy) is 1. The fourth-order valence-corrected chi connectivity index (χ4v) is 3.34. The fraction of sp³-hybridized carbons (Fsp3) is 0.364. The number of benzene rings is 2. The van der Waals surface area contributed by atoms with Crippen LogP contribution >= 0.6 is 0 Å². The van der Waals surface area contributed by atoms with Gasteiger partial charge in [0.1, 0.15) is 5.75 Å². The maximum absolute atomic E-state index is 12.0. The number of rotatable bonds is 6. The number of hydrogen-bond donors (Lipinski definition) is 2. The molecule has 1 aliphatic heterocycles. The number of nitrogens with zero attached hydrogens (tertiary/aromatic N) is 2. The smallest absolute Gasteiger partial charge is 0.313 e. The fourth-order valence-electron chi connectivity index (χ4n) is 3.34. The van der Waals surface area contributed by atoms with Crippen LogP contribution in [0.5, 0.6) is 5.75 Å². The molecule has 0 unspecified atom stereocenters. The van der Waals surface area contributed by atoms with E-state index >= 15 is 0 Å². The van der Waals surface area contributed by atoms with Crippen LogP contribution in [0.3, 0.4) is 0 Å². The number of carbonyl (C=O) groups excluding carboxylic acids is 2. The van der Waals surface area contributed by atoms with Crippen LogP contribution in [0.4, 0.5) is 11.4 Å². The predicted molar refractivity (Wildman–Crippen MR) is 114 cm³/mol. The molecule has 7 heteroatoms. The maximum Gasteiger partial charge on any atom is 0.313 e. The number of hydrogen-bond acceptors (Lipinski definition) is 5. The summed E-state index contributed by atoms with van der Waals surface area (Å²) in [6.07, 6.45) is 0. The summed E-state index contributed by atoms with van der Waals surface area (Å²) >= 11 is 0.